The number of allylic oxidation sites excluding steroid dienone is 1. The maximum atomic E-state index is 14.0. The molecule has 1 saturated carbocycles. The molecule has 0 radical (unpaired) electrons. The Kier molecular flexibility index (Phi) is 14.3. The second-order valence-electron chi connectivity index (χ2n) is 17.6. The first-order chi connectivity index (χ1) is 32.8. The lowest BCUT2D eigenvalue weighted by atomic mass is 10.0. The van der Waals surface area contributed by atoms with Crippen molar-refractivity contribution in [1.82, 2.24) is 20.4 Å². The highest BCUT2D eigenvalue weighted by molar-refractivity contribution is 6.06. The molecule has 1 fully saturated rings. The van der Waals surface area contributed by atoms with Crippen LogP contribution in [0.1, 0.15) is 86.1 Å². The van der Waals surface area contributed by atoms with Crippen molar-refractivity contribution in [3.63, 3.8) is 0 Å². The molecule has 3 aromatic rings. The zero-order valence-electron chi connectivity index (χ0n) is 39.1. The van der Waals surface area contributed by atoms with Crippen molar-refractivity contribution in [3.05, 3.63) is 95.3 Å². The minimum atomic E-state index is -0.903. The summed E-state index contributed by atoms with van der Waals surface area (Å²) in [7, 11) is 3.06. The number of benzene rings is 3. The Hall–Kier alpha value is -7.43. The number of hydrogen-bond acceptors (Lipinski definition) is 12. The number of anilines is 1. The number of ether oxygens (including phenoxy) is 5. The van der Waals surface area contributed by atoms with Gasteiger partial charge in [-0.05, 0) is 85.9 Å². The minimum Gasteiger partial charge on any atom is -0.493 e. The molecule has 3 N–H and O–H groups in total. The predicted molar refractivity (Wildman–Crippen MR) is 256 cm³/mol. The normalized spacial score (nSPS) is 18.9. The van der Waals surface area contributed by atoms with Crippen molar-refractivity contribution >= 4 is 64.8 Å². The predicted octanol–water partition coefficient (Wildman–Crippen LogP) is 7.52. The van der Waals surface area contributed by atoms with Gasteiger partial charge in [0.1, 0.15) is 18.7 Å². The van der Waals surface area contributed by atoms with E-state index in [0.717, 1.165) is 17.6 Å². The average Bonchev–Trinajstić information content (AvgIpc) is 4.01. The summed E-state index contributed by atoms with van der Waals surface area (Å²) in [4.78, 5) is 78.7. The number of fused-ring (bicyclic) bond motifs is 4. The van der Waals surface area contributed by atoms with Crippen molar-refractivity contribution in [2.45, 2.75) is 84.0 Å². The van der Waals surface area contributed by atoms with Crippen molar-refractivity contribution < 1.29 is 47.7 Å². The standard InChI is InChI=1S/C51H57N7O10/c1-7-8-16-68-51(63)56-46(29(2)3)48(60)54-30(4)47(59)55-35-14-12-32(13-15-35)34-20-37-26-53-41-24-45(43(65-6)22-39(41)50(62)58(37)28-34)67-18-9-17-66-44-23-40-38(21-42(44)64-5)49(61)57-27-33(31-10-11-31)19-36(57)25-52-40/h7-8,12-15,21-31,36-37,46H,9-11,16-20H2,1-6H3,(H,54,60)(H,55,59)(H,56,63)/b8-7+/t30-,36-,37-,46-/m0/s1. The molecule has 68 heavy (non-hydrogen) atoms. The van der Waals surface area contributed by atoms with E-state index in [0.29, 0.717) is 69.9 Å². The van der Waals surface area contributed by atoms with Crippen molar-refractivity contribution in [3.8, 4) is 23.0 Å². The molecule has 4 atom stereocenters. The highest BCUT2D eigenvalue weighted by Gasteiger charge is 2.38. The van der Waals surface area contributed by atoms with E-state index >= 15 is 0 Å². The fourth-order valence-corrected chi connectivity index (χ4v) is 8.44. The van der Waals surface area contributed by atoms with Gasteiger partial charge in [-0.1, -0.05) is 38.1 Å². The summed E-state index contributed by atoms with van der Waals surface area (Å²) in [5.41, 5.74) is 5.44. The molecule has 5 amide bonds. The fraction of sp³-hybridized carbons (Fsp3) is 0.392. The Morgan fingerprint density at radius 3 is 1.91 bits per heavy atom. The van der Waals surface area contributed by atoms with Crippen LogP contribution in [0.15, 0.2) is 88.6 Å². The van der Waals surface area contributed by atoms with Crippen molar-refractivity contribution in [1.29, 1.82) is 0 Å². The molecule has 0 unspecified atom stereocenters. The minimum absolute atomic E-state index is 0.0778. The van der Waals surface area contributed by atoms with Crippen LogP contribution in [0.2, 0.25) is 0 Å². The van der Waals surface area contributed by atoms with E-state index < -0.39 is 30.0 Å². The van der Waals surface area contributed by atoms with Gasteiger partial charge in [-0.25, -0.2) is 4.79 Å². The number of aliphatic imine (C=N–C) groups is 2. The number of nitrogens with zero attached hydrogens (tertiary/aromatic N) is 4. The molecule has 0 aromatic heterocycles. The average molecular weight is 928 g/mol. The van der Waals surface area contributed by atoms with E-state index in [1.807, 2.05) is 30.7 Å². The molecule has 5 aliphatic rings. The van der Waals surface area contributed by atoms with Crippen LogP contribution in [-0.4, -0.2) is 110 Å². The van der Waals surface area contributed by atoms with E-state index in [2.05, 4.69) is 20.9 Å². The van der Waals surface area contributed by atoms with E-state index in [4.69, 9.17) is 28.7 Å². The molecule has 8 rings (SSSR count). The number of rotatable bonds is 18. The van der Waals surface area contributed by atoms with Gasteiger partial charge < -0.3 is 49.4 Å². The van der Waals surface area contributed by atoms with Crippen LogP contribution >= 0.6 is 0 Å². The summed E-state index contributed by atoms with van der Waals surface area (Å²) in [6.45, 7) is 7.56. The topological polar surface area (TPSA) is 199 Å². The van der Waals surface area contributed by atoms with E-state index in [1.54, 1.807) is 99.4 Å². The summed E-state index contributed by atoms with van der Waals surface area (Å²) >= 11 is 0. The molecule has 17 heteroatoms. The number of hydrogen-bond donors (Lipinski definition) is 3. The van der Waals surface area contributed by atoms with Gasteiger partial charge >= 0.3 is 6.09 Å². The third kappa shape index (κ3) is 10.4. The Bertz CT molecular complexity index is 2610. The molecule has 1 aliphatic carbocycles. The first-order valence-corrected chi connectivity index (χ1v) is 23.0. The molecule has 17 nitrogen and oxygen atoms in total. The summed E-state index contributed by atoms with van der Waals surface area (Å²) in [5, 5.41) is 8.06. The third-order valence-corrected chi connectivity index (χ3v) is 12.4. The van der Waals surface area contributed by atoms with Gasteiger partial charge in [0.25, 0.3) is 11.8 Å². The number of amides is 5. The van der Waals surface area contributed by atoms with Gasteiger partial charge in [-0.15, -0.1) is 0 Å². The van der Waals surface area contributed by atoms with Crippen LogP contribution in [-0.2, 0) is 14.3 Å². The zero-order valence-corrected chi connectivity index (χ0v) is 39.1. The number of nitrogens with one attached hydrogen (secondary N) is 3. The molecule has 356 valence electrons. The fourth-order valence-electron chi connectivity index (χ4n) is 8.44. The number of methoxy groups -OCH3 is 2. The van der Waals surface area contributed by atoms with E-state index in [9.17, 15) is 24.0 Å². The lowest BCUT2D eigenvalue weighted by Crippen LogP contribution is -2.53. The van der Waals surface area contributed by atoms with Crippen LogP contribution in [0, 0.1) is 11.8 Å². The van der Waals surface area contributed by atoms with Crippen LogP contribution in [0.5, 0.6) is 23.0 Å². The number of carbonyl (C=O) groups is 5. The van der Waals surface area contributed by atoms with Gasteiger partial charge in [0.2, 0.25) is 11.8 Å². The summed E-state index contributed by atoms with van der Waals surface area (Å²) in [5.74, 6) is 0.776. The van der Waals surface area contributed by atoms with Gasteiger partial charge in [-0.2, -0.15) is 0 Å². The van der Waals surface area contributed by atoms with Gasteiger partial charge in [0.15, 0.2) is 23.0 Å². The summed E-state index contributed by atoms with van der Waals surface area (Å²) in [6.07, 6.45) is 14.3. The molecule has 0 bridgehead atoms. The number of alkyl carbamates (subject to hydrolysis) is 1. The van der Waals surface area contributed by atoms with Gasteiger partial charge in [0, 0.05) is 55.5 Å². The largest absolute Gasteiger partial charge is 0.493 e. The first-order valence-electron chi connectivity index (χ1n) is 23.0. The quantitative estimate of drug-likeness (QED) is 0.0847. The Morgan fingerprint density at radius 2 is 1.35 bits per heavy atom. The van der Waals surface area contributed by atoms with E-state index in [1.165, 1.54) is 25.5 Å². The summed E-state index contributed by atoms with van der Waals surface area (Å²) in [6, 6.07) is 11.8. The molecular formula is C51H57N7O10. The molecule has 0 spiro atoms. The van der Waals surface area contributed by atoms with Gasteiger partial charge in [0.05, 0.1) is 62.0 Å². The second kappa shape index (κ2) is 20.6. The van der Waals surface area contributed by atoms with Crippen LogP contribution in [0.3, 0.4) is 0 Å². The van der Waals surface area contributed by atoms with Crippen LogP contribution in [0.4, 0.5) is 21.9 Å². The highest BCUT2D eigenvalue weighted by atomic mass is 16.5. The smallest absolute Gasteiger partial charge is 0.408 e. The maximum Gasteiger partial charge on any atom is 0.408 e. The molecule has 3 aromatic carbocycles. The SMILES string of the molecule is C/C=C/COC(=O)N[C@H](C(=O)N[C@@H](C)C(=O)Nc1ccc(C2=CN3C(=O)c4cc(OC)c(OCCCOc5cc6c(cc5OC)C(=O)N5C=C(C7CC7)C[C@H]5C=N6)cc4N=C[C@@H]3C2)cc1)C(C)C. The van der Waals surface area contributed by atoms with Gasteiger partial charge in [-0.3, -0.25) is 29.2 Å². The number of carbonyl (C=O) groups excluding carboxylic acids is 5. The Morgan fingerprint density at radius 1 is 0.765 bits per heavy atom. The zero-order chi connectivity index (χ0) is 48.1. The lowest BCUT2D eigenvalue weighted by Gasteiger charge is -2.23. The monoisotopic (exact) mass is 927 g/mol. The molecule has 0 saturated heterocycles. The highest BCUT2D eigenvalue weighted by Crippen LogP contribution is 2.45. The molecule has 4 heterocycles. The van der Waals surface area contributed by atoms with Crippen LogP contribution < -0.4 is 34.9 Å². The third-order valence-electron chi connectivity index (χ3n) is 12.4. The van der Waals surface area contributed by atoms with E-state index in [-0.39, 0.29) is 49.6 Å². The second-order valence-corrected chi connectivity index (χ2v) is 17.6. The first kappa shape index (κ1) is 47.1. The summed E-state index contributed by atoms with van der Waals surface area (Å²) < 4.78 is 28.6. The van der Waals surface area contributed by atoms with Crippen LogP contribution in [0.25, 0.3) is 5.57 Å². The molecule has 4 aliphatic heterocycles. The Labute approximate surface area is 395 Å². The molecular weight excluding hydrogens is 871 g/mol. The van der Waals surface area contributed by atoms with Crippen molar-refractivity contribution in [2.24, 2.45) is 21.8 Å². The lowest BCUT2D eigenvalue weighted by molar-refractivity contribution is -0.128. The maximum absolute atomic E-state index is 14.0. The Balaban J connectivity index is 0.839. The van der Waals surface area contributed by atoms with Crippen molar-refractivity contribution in [2.75, 3.05) is 39.4 Å².